The number of fused-ring (bicyclic) bond motifs is 1. The predicted molar refractivity (Wildman–Crippen MR) is 130 cm³/mol. The lowest BCUT2D eigenvalue weighted by Gasteiger charge is -2.10. The molecule has 0 unspecified atom stereocenters. The van der Waals surface area contributed by atoms with Crippen LogP contribution in [0.5, 0.6) is 23.0 Å². The summed E-state index contributed by atoms with van der Waals surface area (Å²) in [6.45, 7) is 0.128. The van der Waals surface area contributed by atoms with Crippen molar-refractivity contribution in [2.75, 3.05) is 21.0 Å². The van der Waals surface area contributed by atoms with E-state index in [9.17, 15) is 9.59 Å². The molecule has 9 nitrogen and oxygen atoms in total. The van der Waals surface area contributed by atoms with E-state index >= 15 is 0 Å². The monoisotopic (exact) mass is 473 g/mol. The summed E-state index contributed by atoms with van der Waals surface area (Å²) in [4.78, 5) is 25.7. The minimum absolute atomic E-state index is 0.00697. The van der Waals surface area contributed by atoms with Crippen LogP contribution in [0, 0.1) is 0 Å². The van der Waals surface area contributed by atoms with Gasteiger partial charge in [-0.05, 0) is 54.1 Å². The largest absolute Gasteiger partial charge is 0.497 e. The number of hydrazone groups is 1. The van der Waals surface area contributed by atoms with Crippen molar-refractivity contribution in [2.45, 2.75) is 0 Å². The van der Waals surface area contributed by atoms with Gasteiger partial charge in [-0.1, -0.05) is 24.3 Å². The topological polar surface area (TPSA) is 107 Å². The average Bonchev–Trinajstić information content (AvgIpc) is 3.36. The van der Waals surface area contributed by atoms with E-state index in [0.717, 1.165) is 0 Å². The van der Waals surface area contributed by atoms with Crippen LogP contribution < -0.4 is 29.7 Å². The molecule has 0 atom stereocenters. The van der Waals surface area contributed by atoms with Gasteiger partial charge in [0.2, 0.25) is 6.79 Å². The Morgan fingerprint density at radius 3 is 2.51 bits per heavy atom. The van der Waals surface area contributed by atoms with E-state index in [4.69, 9.17) is 18.9 Å². The first-order valence-corrected chi connectivity index (χ1v) is 10.6. The highest BCUT2D eigenvalue weighted by Crippen LogP contribution is 2.33. The number of benzene rings is 3. The SMILES string of the molecule is COc1ccc(OC)c(/C=N/NC(=O)/C(=C\c2ccc3c(c2)OCO3)NC(=O)c2ccccc2)c1. The number of methoxy groups -OCH3 is 2. The molecule has 2 N–H and O–H groups in total. The Bertz CT molecular complexity index is 1290. The maximum atomic E-state index is 13.0. The smallest absolute Gasteiger partial charge is 0.287 e. The number of hydrogen-bond donors (Lipinski definition) is 2. The molecule has 3 aromatic rings. The summed E-state index contributed by atoms with van der Waals surface area (Å²) < 4.78 is 21.3. The molecule has 2 amide bonds. The third-order valence-corrected chi connectivity index (χ3v) is 5.04. The highest BCUT2D eigenvalue weighted by atomic mass is 16.7. The second-order valence-electron chi connectivity index (χ2n) is 7.30. The molecular weight excluding hydrogens is 450 g/mol. The molecule has 1 heterocycles. The van der Waals surface area contributed by atoms with Gasteiger partial charge in [-0.2, -0.15) is 5.10 Å². The van der Waals surface area contributed by atoms with E-state index in [0.29, 0.717) is 39.7 Å². The molecule has 0 saturated heterocycles. The zero-order valence-electron chi connectivity index (χ0n) is 19.1. The minimum Gasteiger partial charge on any atom is -0.497 e. The van der Waals surface area contributed by atoms with Gasteiger partial charge < -0.3 is 24.3 Å². The van der Waals surface area contributed by atoms with Crippen LogP contribution in [0.1, 0.15) is 21.5 Å². The Labute approximate surface area is 202 Å². The third kappa shape index (κ3) is 5.77. The molecule has 9 heteroatoms. The van der Waals surface area contributed by atoms with E-state index in [-0.39, 0.29) is 12.5 Å². The Morgan fingerprint density at radius 2 is 1.74 bits per heavy atom. The van der Waals surface area contributed by atoms with Gasteiger partial charge in [0.1, 0.15) is 17.2 Å². The fraction of sp³-hybridized carbons (Fsp3) is 0.115. The van der Waals surface area contributed by atoms with Crippen molar-refractivity contribution < 1.29 is 28.5 Å². The van der Waals surface area contributed by atoms with E-state index in [1.807, 2.05) is 0 Å². The number of nitrogens with one attached hydrogen (secondary N) is 2. The Kier molecular flexibility index (Phi) is 7.27. The van der Waals surface area contributed by atoms with Gasteiger partial charge in [-0.3, -0.25) is 9.59 Å². The third-order valence-electron chi connectivity index (χ3n) is 5.04. The zero-order valence-corrected chi connectivity index (χ0v) is 19.1. The number of carbonyl (C=O) groups is 2. The van der Waals surface area contributed by atoms with Crippen LogP contribution in [0.2, 0.25) is 0 Å². The molecule has 0 aliphatic carbocycles. The van der Waals surface area contributed by atoms with Gasteiger partial charge in [0, 0.05) is 11.1 Å². The Morgan fingerprint density at radius 1 is 0.943 bits per heavy atom. The van der Waals surface area contributed by atoms with Crippen LogP contribution >= 0.6 is 0 Å². The number of hydrogen-bond acceptors (Lipinski definition) is 7. The summed E-state index contributed by atoms with van der Waals surface area (Å²) in [6, 6.07) is 19.0. The zero-order chi connectivity index (χ0) is 24.6. The molecule has 0 bridgehead atoms. The molecule has 0 aromatic heterocycles. The molecule has 0 fully saturated rings. The number of carbonyl (C=O) groups excluding carboxylic acids is 2. The van der Waals surface area contributed by atoms with Crippen molar-refractivity contribution in [3.05, 3.63) is 89.1 Å². The molecule has 4 rings (SSSR count). The maximum Gasteiger partial charge on any atom is 0.287 e. The molecule has 0 radical (unpaired) electrons. The van der Waals surface area contributed by atoms with Gasteiger partial charge in [-0.25, -0.2) is 5.43 Å². The summed E-state index contributed by atoms with van der Waals surface area (Å²) in [5.74, 6) is 1.26. The number of ether oxygens (including phenoxy) is 4. The lowest BCUT2D eigenvalue weighted by molar-refractivity contribution is -0.117. The van der Waals surface area contributed by atoms with Gasteiger partial charge in [0.25, 0.3) is 11.8 Å². The van der Waals surface area contributed by atoms with Crippen LogP contribution in [0.15, 0.2) is 77.5 Å². The molecule has 0 saturated carbocycles. The van der Waals surface area contributed by atoms with E-state index < -0.39 is 11.8 Å². The standard InChI is InChI=1S/C26H23N3O6/c1-32-20-9-11-22(33-2)19(14-20)15-27-29-26(31)21(28-25(30)18-6-4-3-5-7-18)12-17-8-10-23-24(13-17)35-16-34-23/h3-15H,16H2,1-2H3,(H,28,30)(H,29,31)/b21-12+,27-15+. The van der Waals surface area contributed by atoms with Crippen molar-refractivity contribution in [1.82, 2.24) is 10.7 Å². The van der Waals surface area contributed by atoms with Crippen LogP contribution in [0.25, 0.3) is 6.08 Å². The van der Waals surface area contributed by atoms with Crippen molar-refractivity contribution in [3.8, 4) is 23.0 Å². The first-order valence-electron chi connectivity index (χ1n) is 10.6. The summed E-state index contributed by atoms with van der Waals surface area (Å²) in [5.41, 5.74) is 4.07. The number of nitrogens with zero attached hydrogens (tertiary/aromatic N) is 1. The minimum atomic E-state index is -0.620. The Hall–Kier alpha value is -4.79. The normalized spacial score (nSPS) is 12.3. The molecule has 0 spiro atoms. The highest BCUT2D eigenvalue weighted by Gasteiger charge is 2.17. The summed E-state index contributed by atoms with van der Waals surface area (Å²) >= 11 is 0. The quantitative estimate of drug-likeness (QED) is 0.295. The second-order valence-corrected chi connectivity index (χ2v) is 7.30. The first kappa shape index (κ1) is 23.4. The van der Waals surface area contributed by atoms with Crippen LogP contribution in [-0.2, 0) is 4.79 Å². The lowest BCUT2D eigenvalue weighted by atomic mass is 10.1. The fourth-order valence-electron chi connectivity index (χ4n) is 3.27. The van der Waals surface area contributed by atoms with E-state index in [1.165, 1.54) is 19.4 Å². The van der Waals surface area contributed by atoms with E-state index in [1.54, 1.807) is 73.8 Å². The Balaban J connectivity index is 1.57. The molecular formula is C26H23N3O6. The molecule has 1 aliphatic rings. The highest BCUT2D eigenvalue weighted by molar-refractivity contribution is 6.05. The van der Waals surface area contributed by atoms with Crippen molar-refractivity contribution in [2.24, 2.45) is 5.10 Å². The summed E-state index contributed by atoms with van der Waals surface area (Å²) in [6.07, 6.45) is 2.95. The number of rotatable bonds is 8. The van der Waals surface area contributed by atoms with Gasteiger partial charge >= 0.3 is 0 Å². The first-order chi connectivity index (χ1) is 17.1. The van der Waals surface area contributed by atoms with Crippen LogP contribution in [-0.4, -0.2) is 39.0 Å². The lowest BCUT2D eigenvalue weighted by Crippen LogP contribution is -2.32. The van der Waals surface area contributed by atoms with Gasteiger partial charge in [0.05, 0.1) is 20.4 Å². The average molecular weight is 473 g/mol. The summed E-state index contributed by atoms with van der Waals surface area (Å²) in [5, 5.41) is 6.69. The van der Waals surface area contributed by atoms with Crippen LogP contribution in [0.3, 0.4) is 0 Å². The molecule has 178 valence electrons. The van der Waals surface area contributed by atoms with Crippen molar-refractivity contribution >= 4 is 24.1 Å². The number of amides is 2. The second kappa shape index (κ2) is 10.9. The summed E-state index contributed by atoms with van der Waals surface area (Å²) in [7, 11) is 3.08. The van der Waals surface area contributed by atoms with Crippen LogP contribution in [0.4, 0.5) is 0 Å². The fourth-order valence-corrected chi connectivity index (χ4v) is 3.27. The van der Waals surface area contributed by atoms with Gasteiger partial charge in [0.15, 0.2) is 11.5 Å². The molecule has 1 aliphatic heterocycles. The van der Waals surface area contributed by atoms with Crippen molar-refractivity contribution in [3.63, 3.8) is 0 Å². The predicted octanol–water partition coefficient (Wildman–Crippen LogP) is 3.35. The van der Waals surface area contributed by atoms with Crippen molar-refractivity contribution in [1.29, 1.82) is 0 Å². The molecule has 35 heavy (non-hydrogen) atoms. The van der Waals surface area contributed by atoms with E-state index in [2.05, 4.69) is 15.8 Å². The molecule has 3 aromatic carbocycles. The maximum absolute atomic E-state index is 13.0. The van der Waals surface area contributed by atoms with Gasteiger partial charge in [-0.15, -0.1) is 0 Å².